The third-order valence-electron chi connectivity index (χ3n) is 7.01. The first-order valence-electron chi connectivity index (χ1n) is 12.6. The van der Waals surface area contributed by atoms with Gasteiger partial charge in [0.1, 0.15) is 23.6 Å². The average molecular weight is 579 g/mol. The van der Waals surface area contributed by atoms with Crippen molar-refractivity contribution in [3.8, 4) is 5.75 Å². The van der Waals surface area contributed by atoms with Crippen molar-refractivity contribution in [2.24, 2.45) is 0 Å². The molecule has 3 aromatic rings. The Kier molecular flexibility index (Phi) is 10.1. The number of anilines is 3. The maximum Gasteiger partial charge on any atom is 0.308 e. The summed E-state index contributed by atoms with van der Waals surface area (Å²) >= 11 is 0. The Morgan fingerprint density at radius 3 is 2.44 bits per heavy atom. The first kappa shape index (κ1) is 30.6. The Morgan fingerprint density at radius 2 is 1.85 bits per heavy atom. The monoisotopic (exact) mass is 577 g/mol. The molecule has 0 bridgehead atoms. The minimum absolute atomic E-state index is 0. The van der Waals surface area contributed by atoms with E-state index in [1.165, 1.54) is 37.7 Å². The van der Waals surface area contributed by atoms with Crippen LogP contribution in [0.1, 0.15) is 42.3 Å². The molecule has 3 aliphatic rings. The summed E-state index contributed by atoms with van der Waals surface area (Å²) in [4.78, 5) is 25.3. The highest BCUT2D eigenvalue weighted by Crippen LogP contribution is 2.37. The fourth-order valence-electron chi connectivity index (χ4n) is 4.78. The number of hydrogen-bond donors (Lipinski definition) is 1. The van der Waals surface area contributed by atoms with E-state index in [1.807, 2.05) is 32.0 Å². The van der Waals surface area contributed by atoms with E-state index >= 15 is 0 Å². The Morgan fingerprint density at radius 1 is 1.10 bits per heavy atom. The smallest absolute Gasteiger partial charge is 0.308 e. The van der Waals surface area contributed by atoms with Gasteiger partial charge in [-0.15, -0.1) is 24.8 Å². The lowest BCUT2D eigenvalue weighted by Crippen LogP contribution is -2.35. The molecule has 3 atom stereocenters. The number of ether oxygens (including phenoxy) is 2. The van der Waals surface area contributed by atoms with Gasteiger partial charge in [0.25, 0.3) is 0 Å². The van der Waals surface area contributed by atoms with Crippen LogP contribution >= 0.6 is 24.8 Å². The zero-order valence-electron chi connectivity index (χ0n) is 22.4. The zero-order valence-corrected chi connectivity index (χ0v) is 24.1. The van der Waals surface area contributed by atoms with Crippen LogP contribution in [0, 0.1) is 19.7 Å². The molecule has 2 fully saturated rings. The summed E-state index contributed by atoms with van der Waals surface area (Å²) < 4.78 is 23.7. The molecule has 0 amide bonds. The number of nitrogens with zero attached hydrogens (tertiary/aromatic N) is 4. The Hall–Kier alpha value is -2.98. The van der Waals surface area contributed by atoms with Crippen molar-refractivity contribution in [2.75, 3.05) is 36.5 Å². The minimum atomic E-state index is -0.334. The number of carbonyl (C=O) groups is 1. The van der Waals surface area contributed by atoms with E-state index in [0.29, 0.717) is 17.9 Å². The van der Waals surface area contributed by atoms with E-state index < -0.39 is 0 Å². The van der Waals surface area contributed by atoms with Crippen molar-refractivity contribution in [3.05, 3.63) is 70.7 Å². The fraction of sp³-hybridized carbons (Fsp3) is 0.393. The van der Waals surface area contributed by atoms with Gasteiger partial charge in [-0.25, -0.2) is 9.37 Å². The van der Waals surface area contributed by atoms with Gasteiger partial charge in [-0.2, -0.15) is 4.98 Å². The van der Waals surface area contributed by atoms with Crippen LogP contribution in [-0.4, -0.2) is 53.3 Å². The van der Waals surface area contributed by atoms with Crippen molar-refractivity contribution >= 4 is 48.2 Å². The molecule has 2 saturated heterocycles. The molecule has 11 heteroatoms. The lowest BCUT2D eigenvalue weighted by molar-refractivity contribution is -0.131. The number of halogens is 3. The summed E-state index contributed by atoms with van der Waals surface area (Å²) in [5, 5.41) is 3.17. The summed E-state index contributed by atoms with van der Waals surface area (Å²) in [5.41, 5.74) is 4.97. The fourth-order valence-corrected chi connectivity index (χ4v) is 4.78. The number of nitrogens with one attached hydrogen (secondary N) is 1. The maximum atomic E-state index is 13.2. The van der Waals surface area contributed by atoms with Gasteiger partial charge in [0.05, 0.1) is 12.6 Å². The molecular weight excluding hydrogens is 544 g/mol. The van der Waals surface area contributed by atoms with Crippen molar-refractivity contribution in [2.45, 2.75) is 46.4 Å². The van der Waals surface area contributed by atoms with Crippen molar-refractivity contribution < 1.29 is 18.7 Å². The molecule has 0 aliphatic carbocycles. The number of esters is 1. The summed E-state index contributed by atoms with van der Waals surface area (Å²) in [6.45, 7) is 11.6. The number of carbonyl (C=O) groups excluding carboxylic acids is 1. The highest BCUT2D eigenvalue weighted by molar-refractivity contribution is 5.85. The Bertz CT molecular complexity index is 1300. The molecule has 0 saturated carbocycles. The molecule has 4 heterocycles. The van der Waals surface area contributed by atoms with E-state index in [4.69, 9.17) is 14.5 Å². The lowest BCUT2D eigenvalue weighted by Gasteiger charge is -2.37. The Labute approximate surface area is 240 Å². The van der Waals surface area contributed by atoms with Crippen LogP contribution in [-0.2, 0) is 16.0 Å². The van der Waals surface area contributed by atoms with Crippen LogP contribution in [0.3, 0.4) is 0 Å². The van der Waals surface area contributed by atoms with Crippen molar-refractivity contribution in [1.29, 1.82) is 0 Å². The molecule has 1 aromatic heterocycles. The largest absolute Gasteiger partial charge is 0.427 e. The van der Waals surface area contributed by atoms with Gasteiger partial charge < -0.3 is 19.7 Å². The molecule has 1 N–H and O–H groups in total. The first-order chi connectivity index (χ1) is 17.8. The predicted molar refractivity (Wildman–Crippen MR) is 154 cm³/mol. The highest BCUT2D eigenvalue weighted by Gasteiger charge is 2.39. The average Bonchev–Trinajstić information content (AvgIpc) is 3.47. The molecule has 3 unspecified atom stereocenters. The summed E-state index contributed by atoms with van der Waals surface area (Å²) in [6.07, 6.45) is 1.41. The predicted octanol–water partition coefficient (Wildman–Crippen LogP) is 5.53. The molecule has 210 valence electrons. The van der Waals surface area contributed by atoms with Crippen LogP contribution in [0.2, 0.25) is 0 Å². The van der Waals surface area contributed by atoms with Crippen molar-refractivity contribution in [1.82, 2.24) is 14.9 Å². The van der Waals surface area contributed by atoms with Gasteiger partial charge in [0.2, 0.25) is 5.95 Å². The molecule has 2 aromatic carbocycles. The van der Waals surface area contributed by atoms with Gasteiger partial charge in [0.15, 0.2) is 0 Å². The van der Waals surface area contributed by atoms with Crippen molar-refractivity contribution in [3.63, 3.8) is 0 Å². The molecule has 3 aliphatic heterocycles. The molecule has 39 heavy (non-hydrogen) atoms. The molecule has 0 spiro atoms. The van der Waals surface area contributed by atoms with Gasteiger partial charge >= 0.3 is 5.97 Å². The van der Waals surface area contributed by atoms with Gasteiger partial charge in [-0.1, -0.05) is 6.07 Å². The molecule has 0 radical (unpaired) electrons. The molecule has 6 rings (SSSR count). The number of benzene rings is 2. The quantitative estimate of drug-likeness (QED) is 0.246. The van der Waals surface area contributed by atoms with Crippen LogP contribution in [0.5, 0.6) is 5.75 Å². The van der Waals surface area contributed by atoms with Crippen LogP contribution < -0.4 is 15.0 Å². The van der Waals surface area contributed by atoms with E-state index in [-0.39, 0.29) is 42.6 Å². The third-order valence-corrected chi connectivity index (χ3v) is 7.01. The first-order valence-corrected chi connectivity index (χ1v) is 12.6. The number of morpholine rings is 1. The second-order valence-electron chi connectivity index (χ2n) is 9.61. The van der Waals surface area contributed by atoms with E-state index in [9.17, 15) is 9.18 Å². The van der Waals surface area contributed by atoms with E-state index in [2.05, 4.69) is 27.0 Å². The van der Waals surface area contributed by atoms with Gasteiger partial charge in [-0.3, -0.25) is 9.69 Å². The molecule has 8 nitrogen and oxygen atoms in total. The van der Waals surface area contributed by atoms with Crippen LogP contribution in [0.15, 0.2) is 42.5 Å². The van der Waals surface area contributed by atoms with Crippen LogP contribution in [0.25, 0.3) is 0 Å². The summed E-state index contributed by atoms with van der Waals surface area (Å²) in [6, 6.07) is 12.0. The SMILES string of the molecule is C1CN2CC2O1.CC(=O)Oc1ccc2c(c1)C(C)N(c1nc(Nc3ccc(F)cc3)nc(C)c1C)CC2.Cl.Cl. The summed E-state index contributed by atoms with van der Waals surface area (Å²) in [7, 11) is 0. The maximum absolute atomic E-state index is 13.2. The number of hydrogen-bond acceptors (Lipinski definition) is 8. The normalized spacial score (nSPS) is 20.2. The second-order valence-corrected chi connectivity index (χ2v) is 9.61. The topological polar surface area (TPSA) is 79.6 Å². The Balaban J connectivity index is 0.000000457. The molecular formula is C28H34Cl2FN5O3. The van der Waals surface area contributed by atoms with Crippen LogP contribution in [0.4, 0.5) is 21.8 Å². The second kappa shape index (κ2) is 12.9. The number of aryl methyl sites for hydroxylation is 1. The summed E-state index contributed by atoms with van der Waals surface area (Å²) in [5.74, 6) is 1.25. The lowest BCUT2D eigenvalue weighted by atomic mass is 9.93. The van der Waals surface area contributed by atoms with Gasteiger partial charge in [-0.05, 0) is 74.7 Å². The number of fused-ring (bicyclic) bond motifs is 2. The van der Waals surface area contributed by atoms with Gasteiger partial charge in [0, 0.05) is 43.5 Å². The highest BCUT2D eigenvalue weighted by atomic mass is 35.5. The minimum Gasteiger partial charge on any atom is -0.427 e. The number of aromatic nitrogens is 2. The standard InChI is InChI=1S/C24H25FN4O2.C4H7NO.2ClH/c1-14-15(2)26-24(27-20-8-6-19(25)7-9-20)28-23(14)29-12-11-18-5-10-21(31-17(4)30)13-22(18)16(29)3;1-2-6-4-3-5(1)4;;/h5-10,13,16H,11-12H2,1-4H3,(H,26,27,28);4H,1-3H2;2*1H. The van der Waals surface area contributed by atoms with E-state index in [1.54, 1.807) is 12.1 Å². The number of rotatable bonds is 4. The third kappa shape index (κ3) is 7.16. The van der Waals surface area contributed by atoms with E-state index in [0.717, 1.165) is 47.9 Å². The zero-order chi connectivity index (χ0) is 26.1.